The van der Waals surface area contributed by atoms with E-state index in [-0.39, 0.29) is 6.54 Å². The second-order valence-corrected chi connectivity index (χ2v) is 6.55. The Labute approximate surface area is 111 Å². The summed E-state index contributed by atoms with van der Waals surface area (Å²) >= 11 is 0. The fourth-order valence-electron chi connectivity index (χ4n) is 1.27. The molecule has 0 aliphatic heterocycles. The molecule has 4 nitrogen and oxygen atoms in total. The van der Waals surface area contributed by atoms with Crippen molar-refractivity contribution in [2.24, 2.45) is 0 Å². The smallest absolute Gasteiger partial charge is 0.216 e. The highest BCUT2D eigenvalue weighted by Gasteiger charge is 2.22. The summed E-state index contributed by atoms with van der Waals surface area (Å²) in [7, 11) is -2.38. The summed E-state index contributed by atoms with van der Waals surface area (Å²) in [6.45, 7) is 3.40. The predicted octanol–water partition coefficient (Wildman–Crippen LogP) is 1.81. The van der Waals surface area contributed by atoms with Gasteiger partial charge in [-0.15, -0.1) is 0 Å². The summed E-state index contributed by atoms with van der Waals surface area (Å²) in [6, 6.07) is 3.22. The van der Waals surface area contributed by atoms with Gasteiger partial charge in [0.25, 0.3) is 0 Å². The Morgan fingerprint density at radius 2 is 1.79 bits per heavy atom. The van der Waals surface area contributed by atoms with Crippen molar-refractivity contribution in [2.75, 3.05) is 13.7 Å². The van der Waals surface area contributed by atoms with Crippen LogP contribution in [0.25, 0.3) is 0 Å². The third-order valence-corrected chi connectivity index (χ3v) is 3.92. The van der Waals surface area contributed by atoms with Crippen LogP contribution in [0.1, 0.15) is 19.4 Å². The first kappa shape index (κ1) is 16.0. The molecule has 0 bridgehead atoms. The zero-order valence-electron chi connectivity index (χ0n) is 11.0. The Balaban J connectivity index is 2.81. The van der Waals surface area contributed by atoms with Gasteiger partial charge < -0.3 is 4.74 Å². The van der Waals surface area contributed by atoms with Gasteiger partial charge in [0.05, 0.1) is 11.4 Å². The molecule has 19 heavy (non-hydrogen) atoms. The lowest BCUT2D eigenvalue weighted by Gasteiger charge is -2.23. The van der Waals surface area contributed by atoms with E-state index in [9.17, 15) is 17.2 Å². The molecule has 7 heteroatoms. The van der Waals surface area contributed by atoms with Gasteiger partial charge in [0, 0.05) is 19.2 Å². The Kier molecular flexibility index (Phi) is 5.00. The summed E-state index contributed by atoms with van der Waals surface area (Å²) in [5.74, 6) is -2.50. The molecule has 0 amide bonds. The lowest BCUT2D eigenvalue weighted by molar-refractivity contribution is 0.0276. The minimum Gasteiger partial charge on any atom is -0.377 e. The topological polar surface area (TPSA) is 55.4 Å². The molecular formula is C12H17F2NO3S. The molecule has 1 N–H and O–H groups in total. The van der Waals surface area contributed by atoms with Crippen molar-refractivity contribution in [1.82, 2.24) is 4.72 Å². The maximum atomic E-state index is 13.4. The number of nitrogens with one attached hydrogen (secondary N) is 1. The molecule has 0 aliphatic rings. The Hall–Kier alpha value is -1.05. The fraction of sp³-hybridized carbons (Fsp3) is 0.500. The van der Waals surface area contributed by atoms with Crippen molar-refractivity contribution in [3.8, 4) is 0 Å². The molecule has 1 aromatic rings. The van der Waals surface area contributed by atoms with Crippen molar-refractivity contribution in [1.29, 1.82) is 0 Å². The van der Waals surface area contributed by atoms with Crippen LogP contribution in [0, 0.1) is 11.6 Å². The molecule has 108 valence electrons. The van der Waals surface area contributed by atoms with E-state index >= 15 is 0 Å². The third-order valence-electron chi connectivity index (χ3n) is 2.67. The first-order chi connectivity index (χ1) is 8.67. The van der Waals surface area contributed by atoms with Crippen molar-refractivity contribution < 1.29 is 21.9 Å². The molecule has 0 heterocycles. The molecule has 0 saturated carbocycles. The van der Waals surface area contributed by atoms with Crippen LogP contribution >= 0.6 is 0 Å². The molecule has 1 rings (SSSR count). The largest absolute Gasteiger partial charge is 0.377 e. The van der Waals surface area contributed by atoms with Crippen LogP contribution in [0.2, 0.25) is 0 Å². The number of sulfonamides is 1. The van der Waals surface area contributed by atoms with E-state index in [1.165, 1.54) is 13.2 Å². The number of benzene rings is 1. The number of halogens is 2. The lowest BCUT2D eigenvalue weighted by atomic mass is 10.1. The summed E-state index contributed by atoms with van der Waals surface area (Å²) in [5, 5.41) is 0. The molecular weight excluding hydrogens is 276 g/mol. The third kappa shape index (κ3) is 4.85. The van der Waals surface area contributed by atoms with Gasteiger partial charge in [-0.05, 0) is 26.0 Å². The van der Waals surface area contributed by atoms with Gasteiger partial charge in [0.2, 0.25) is 10.0 Å². The van der Waals surface area contributed by atoms with E-state index in [2.05, 4.69) is 4.72 Å². The standard InChI is InChI=1S/C12H17F2NO3S/c1-12(2,18-3)8-15-19(16,17)7-9-10(13)5-4-6-11(9)14/h4-6,15H,7-8H2,1-3H3. The minimum atomic E-state index is -3.83. The van der Waals surface area contributed by atoms with E-state index in [0.29, 0.717) is 0 Å². The summed E-state index contributed by atoms with van der Waals surface area (Å²) in [5.41, 5.74) is -1.16. The SMILES string of the molecule is COC(C)(C)CNS(=O)(=O)Cc1c(F)cccc1F. The summed E-state index contributed by atoms with van der Waals surface area (Å²) < 4.78 is 57.6. The van der Waals surface area contributed by atoms with Gasteiger partial charge in [-0.3, -0.25) is 0 Å². The number of ether oxygens (including phenoxy) is 1. The molecule has 0 atom stereocenters. The Morgan fingerprint density at radius 3 is 2.26 bits per heavy atom. The van der Waals surface area contributed by atoms with Crippen LogP contribution in [0.3, 0.4) is 0 Å². The second-order valence-electron chi connectivity index (χ2n) is 4.74. The normalized spacial score (nSPS) is 12.7. The van der Waals surface area contributed by atoms with Crippen LogP contribution in [0.4, 0.5) is 8.78 Å². The molecule has 0 fully saturated rings. The first-order valence-corrected chi connectivity index (χ1v) is 7.27. The highest BCUT2D eigenvalue weighted by atomic mass is 32.2. The maximum Gasteiger partial charge on any atom is 0.216 e. The Morgan fingerprint density at radius 1 is 1.26 bits per heavy atom. The molecule has 0 unspecified atom stereocenters. The zero-order valence-corrected chi connectivity index (χ0v) is 11.9. The number of methoxy groups -OCH3 is 1. The van der Waals surface area contributed by atoms with Gasteiger partial charge in [0.15, 0.2) is 0 Å². The van der Waals surface area contributed by atoms with Crippen LogP contribution in [0.15, 0.2) is 18.2 Å². The maximum absolute atomic E-state index is 13.4. The molecule has 0 aromatic heterocycles. The van der Waals surface area contributed by atoms with E-state index in [4.69, 9.17) is 4.74 Å². The van der Waals surface area contributed by atoms with Gasteiger partial charge in [-0.2, -0.15) is 0 Å². The van der Waals surface area contributed by atoms with Crippen LogP contribution in [-0.4, -0.2) is 27.7 Å². The van der Waals surface area contributed by atoms with Crippen molar-refractivity contribution in [3.63, 3.8) is 0 Å². The minimum absolute atomic E-state index is 0.0158. The van der Waals surface area contributed by atoms with Crippen LogP contribution in [0.5, 0.6) is 0 Å². The van der Waals surface area contributed by atoms with Gasteiger partial charge in [-0.25, -0.2) is 21.9 Å². The average Bonchev–Trinajstić information content (AvgIpc) is 2.32. The highest BCUT2D eigenvalue weighted by Crippen LogP contribution is 2.15. The highest BCUT2D eigenvalue weighted by molar-refractivity contribution is 7.88. The van der Waals surface area contributed by atoms with E-state index in [1.54, 1.807) is 13.8 Å². The van der Waals surface area contributed by atoms with E-state index < -0.39 is 38.6 Å². The van der Waals surface area contributed by atoms with Gasteiger partial charge >= 0.3 is 0 Å². The predicted molar refractivity (Wildman–Crippen MR) is 68.1 cm³/mol. The number of hydrogen-bond donors (Lipinski definition) is 1. The lowest BCUT2D eigenvalue weighted by Crippen LogP contribution is -2.40. The first-order valence-electron chi connectivity index (χ1n) is 5.62. The quantitative estimate of drug-likeness (QED) is 0.870. The number of rotatable bonds is 6. The summed E-state index contributed by atoms with van der Waals surface area (Å²) in [6.07, 6.45) is 0. The molecule has 0 spiro atoms. The molecule has 1 aromatic carbocycles. The fourth-order valence-corrected chi connectivity index (χ4v) is 2.59. The van der Waals surface area contributed by atoms with Crippen molar-refractivity contribution in [3.05, 3.63) is 35.4 Å². The van der Waals surface area contributed by atoms with Gasteiger partial charge in [-0.1, -0.05) is 6.07 Å². The molecule has 0 radical (unpaired) electrons. The van der Waals surface area contributed by atoms with Crippen LogP contribution < -0.4 is 4.72 Å². The second kappa shape index (κ2) is 5.94. The van der Waals surface area contributed by atoms with Crippen LogP contribution in [-0.2, 0) is 20.5 Å². The van der Waals surface area contributed by atoms with Gasteiger partial charge in [0.1, 0.15) is 11.6 Å². The monoisotopic (exact) mass is 293 g/mol. The van der Waals surface area contributed by atoms with Crippen molar-refractivity contribution in [2.45, 2.75) is 25.2 Å². The average molecular weight is 293 g/mol. The van der Waals surface area contributed by atoms with E-state index in [0.717, 1.165) is 12.1 Å². The Bertz CT molecular complexity index is 524. The summed E-state index contributed by atoms with van der Waals surface area (Å²) in [4.78, 5) is 0. The molecule has 0 saturated heterocycles. The molecule has 0 aliphatic carbocycles. The zero-order chi connectivity index (χ0) is 14.7. The van der Waals surface area contributed by atoms with E-state index in [1.807, 2.05) is 0 Å². The number of hydrogen-bond acceptors (Lipinski definition) is 3. The van der Waals surface area contributed by atoms with Crippen molar-refractivity contribution >= 4 is 10.0 Å².